The third kappa shape index (κ3) is 2.08. The number of benzene rings is 1. The van der Waals surface area contributed by atoms with Gasteiger partial charge in [-0.15, -0.1) is 0 Å². The van der Waals surface area contributed by atoms with Gasteiger partial charge in [-0.1, -0.05) is 16.4 Å². The summed E-state index contributed by atoms with van der Waals surface area (Å²) < 4.78 is 2.21. The van der Waals surface area contributed by atoms with Gasteiger partial charge < -0.3 is 4.89 Å². The highest BCUT2D eigenvalue weighted by Gasteiger charge is 2.21. The number of aromatic nitrogens is 6. The fraction of sp³-hybridized carbons (Fsp3) is 0.0769. The zero-order valence-electron chi connectivity index (χ0n) is 12.2. The van der Waals surface area contributed by atoms with Crippen molar-refractivity contribution >= 4 is 38.4 Å². The van der Waals surface area contributed by atoms with Gasteiger partial charge in [-0.25, -0.2) is 10.1 Å². The number of aromatic amines is 1. The molecular weight excluding hydrogens is 350 g/mol. The van der Waals surface area contributed by atoms with Crippen molar-refractivity contribution in [1.82, 2.24) is 30.0 Å². The summed E-state index contributed by atoms with van der Waals surface area (Å²) >= 11 is 1.34. The second-order valence-corrected chi connectivity index (χ2v) is 6.18. The van der Waals surface area contributed by atoms with E-state index in [0.717, 1.165) is 10.3 Å². The summed E-state index contributed by atoms with van der Waals surface area (Å²) in [6, 6.07) is 3.59. The van der Waals surface area contributed by atoms with E-state index in [2.05, 4.69) is 30.9 Å². The molecule has 0 atom stereocenters. The van der Waals surface area contributed by atoms with Gasteiger partial charge in [0.05, 0.1) is 10.2 Å². The number of hydrogen-bond donors (Lipinski definition) is 2. The molecule has 0 spiro atoms. The predicted molar refractivity (Wildman–Crippen MR) is 84.4 cm³/mol. The topological polar surface area (TPSA) is 136 Å². The first-order valence-corrected chi connectivity index (χ1v) is 7.84. The minimum atomic E-state index is -0.662. The fourth-order valence-electron chi connectivity index (χ4n) is 2.56. The van der Waals surface area contributed by atoms with E-state index >= 15 is 0 Å². The largest absolute Gasteiger partial charge is 0.337 e. The normalized spacial score (nSPS) is 13.1. The first-order chi connectivity index (χ1) is 12.2. The summed E-state index contributed by atoms with van der Waals surface area (Å²) in [6.07, 6.45) is 1.24. The van der Waals surface area contributed by atoms with Gasteiger partial charge in [0.2, 0.25) is 5.95 Å². The molecule has 1 aliphatic rings. The maximum atomic E-state index is 12.8. The number of nitrogens with zero attached hydrogens (tertiary/aromatic N) is 5. The van der Waals surface area contributed by atoms with Crippen LogP contribution in [0.3, 0.4) is 0 Å². The quantitative estimate of drug-likeness (QED) is 0.495. The van der Waals surface area contributed by atoms with Gasteiger partial charge in [-0.05, 0) is 16.5 Å². The molecule has 11 nitrogen and oxygen atoms in total. The molecule has 1 aromatic carbocycles. The smallest absolute Gasteiger partial charge is 0.271 e. The number of thiazole rings is 1. The van der Waals surface area contributed by atoms with Crippen molar-refractivity contribution in [2.75, 3.05) is 5.32 Å². The second kappa shape index (κ2) is 5.06. The molecule has 0 saturated heterocycles. The predicted octanol–water partition coefficient (Wildman–Crippen LogP) is 0.499. The molecule has 3 aromatic heterocycles. The number of carbonyl (C=O) groups excluding carboxylic acids is 1. The molecule has 0 unspecified atom stereocenters. The summed E-state index contributed by atoms with van der Waals surface area (Å²) in [4.78, 5) is 39.8. The minimum Gasteiger partial charge on any atom is -0.337 e. The maximum absolute atomic E-state index is 12.8. The Kier molecular flexibility index (Phi) is 2.83. The molecule has 1 aliphatic heterocycles. The van der Waals surface area contributed by atoms with Crippen molar-refractivity contribution in [2.45, 2.75) is 6.61 Å². The van der Waals surface area contributed by atoms with Gasteiger partial charge >= 0.3 is 0 Å². The van der Waals surface area contributed by atoms with Gasteiger partial charge in [0.15, 0.2) is 10.7 Å². The number of nitrogens with one attached hydrogen (secondary N) is 2. The number of H-pyrrole nitrogens is 1. The number of tetrazole rings is 1. The van der Waals surface area contributed by atoms with Crippen LogP contribution in [0.5, 0.6) is 5.75 Å². The first kappa shape index (κ1) is 14.0. The molecular formula is C13H7N7O4S. The summed E-state index contributed by atoms with van der Waals surface area (Å²) in [5.74, 6) is -0.0831. The standard InChI is InChI=1S/C13H7N7O4S/c21-10(15-12-16-18-19-17-12)6-3-14-13-20(11(6)22)7-2-8-5(4-23-24-8)1-9(7)25-13/h1-3H,4H2,(H2,15,16,17,18,19,21). The van der Waals surface area contributed by atoms with Gasteiger partial charge in [0.1, 0.15) is 12.2 Å². The van der Waals surface area contributed by atoms with Gasteiger partial charge in [0, 0.05) is 17.8 Å². The highest BCUT2D eigenvalue weighted by atomic mass is 32.1. The molecule has 0 bridgehead atoms. The lowest BCUT2D eigenvalue weighted by Gasteiger charge is -2.02. The van der Waals surface area contributed by atoms with Crippen molar-refractivity contribution in [1.29, 1.82) is 0 Å². The Morgan fingerprint density at radius 3 is 3.16 bits per heavy atom. The molecule has 4 heterocycles. The Hall–Kier alpha value is -3.38. The lowest BCUT2D eigenvalue weighted by molar-refractivity contribution is -0.194. The van der Waals surface area contributed by atoms with Crippen LogP contribution in [0.2, 0.25) is 0 Å². The van der Waals surface area contributed by atoms with Crippen LogP contribution < -0.4 is 15.8 Å². The number of amides is 1. The van der Waals surface area contributed by atoms with E-state index in [1.165, 1.54) is 21.9 Å². The lowest BCUT2D eigenvalue weighted by Crippen LogP contribution is -2.26. The van der Waals surface area contributed by atoms with Gasteiger partial charge in [0.25, 0.3) is 11.5 Å². The highest BCUT2D eigenvalue weighted by molar-refractivity contribution is 7.23. The van der Waals surface area contributed by atoms with Gasteiger partial charge in [-0.2, -0.15) is 4.89 Å². The molecule has 0 aliphatic carbocycles. The van der Waals surface area contributed by atoms with E-state index in [1.807, 2.05) is 6.07 Å². The van der Waals surface area contributed by atoms with Crippen LogP contribution in [0.15, 0.2) is 23.1 Å². The third-order valence-corrected chi connectivity index (χ3v) is 4.72. The molecule has 1 amide bonds. The minimum absolute atomic E-state index is 0.0352. The average molecular weight is 357 g/mol. The Morgan fingerprint density at radius 2 is 2.32 bits per heavy atom. The van der Waals surface area contributed by atoms with E-state index in [4.69, 9.17) is 9.78 Å². The van der Waals surface area contributed by atoms with Crippen LogP contribution >= 0.6 is 11.3 Å². The Morgan fingerprint density at radius 1 is 1.40 bits per heavy atom. The Bertz CT molecular complexity index is 1200. The molecule has 0 fully saturated rings. The van der Waals surface area contributed by atoms with E-state index in [0.29, 0.717) is 22.8 Å². The highest BCUT2D eigenvalue weighted by Crippen LogP contribution is 2.34. The average Bonchev–Trinajstić information content (AvgIpc) is 3.31. The molecule has 12 heteroatoms. The monoisotopic (exact) mass is 357 g/mol. The van der Waals surface area contributed by atoms with E-state index < -0.39 is 11.5 Å². The summed E-state index contributed by atoms with van der Waals surface area (Å²) in [5.41, 5.74) is 0.854. The molecule has 25 heavy (non-hydrogen) atoms. The van der Waals surface area contributed by atoms with Crippen LogP contribution in [-0.2, 0) is 11.5 Å². The zero-order chi connectivity index (χ0) is 17.0. The number of fused-ring (bicyclic) bond motifs is 4. The second-order valence-electron chi connectivity index (χ2n) is 5.17. The molecule has 2 N–H and O–H groups in total. The van der Waals surface area contributed by atoms with Crippen molar-refractivity contribution in [3.05, 3.63) is 39.8 Å². The molecule has 0 saturated carbocycles. The number of hydrogen-bond acceptors (Lipinski definition) is 9. The van der Waals surface area contributed by atoms with E-state index in [-0.39, 0.29) is 11.5 Å². The van der Waals surface area contributed by atoms with E-state index in [1.54, 1.807) is 6.07 Å². The number of anilines is 1. The molecule has 0 radical (unpaired) electrons. The van der Waals surface area contributed by atoms with Gasteiger partial charge in [-0.3, -0.25) is 19.3 Å². The summed E-state index contributed by atoms with van der Waals surface area (Å²) in [5, 5.41) is 15.0. The molecule has 124 valence electrons. The fourth-order valence-corrected chi connectivity index (χ4v) is 3.59. The van der Waals surface area contributed by atoms with Crippen molar-refractivity contribution < 1.29 is 14.6 Å². The van der Waals surface area contributed by atoms with E-state index in [9.17, 15) is 9.59 Å². The van der Waals surface area contributed by atoms with Crippen molar-refractivity contribution in [3.8, 4) is 5.75 Å². The summed E-state index contributed by atoms with van der Waals surface area (Å²) in [6.45, 7) is 0.348. The summed E-state index contributed by atoms with van der Waals surface area (Å²) in [7, 11) is 0. The van der Waals surface area contributed by atoms with Crippen LogP contribution in [0.25, 0.3) is 15.2 Å². The first-order valence-electron chi connectivity index (χ1n) is 7.02. The number of rotatable bonds is 2. The molecule has 4 aromatic rings. The zero-order valence-corrected chi connectivity index (χ0v) is 13.0. The Balaban J connectivity index is 1.69. The van der Waals surface area contributed by atoms with Crippen LogP contribution in [0.1, 0.15) is 15.9 Å². The Labute approximate surface area is 141 Å². The maximum Gasteiger partial charge on any atom is 0.271 e. The number of carbonyl (C=O) groups is 1. The van der Waals surface area contributed by atoms with Crippen LogP contribution in [0, 0.1) is 0 Å². The lowest BCUT2D eigenvalue weighted by atomic mass is 10.2. The SMILES string of the molecule is O=C(Nc1nnn[nH]1)c1cnc2sc3cc4c(cc3n2c1=O)OOC4. The van der Waals surface area contributed by atoms with Crippen LogP contribution in [-0.4, -0.2) is 35.9 Å². The van der Waals surface area contributed by atoms with Crippen molar-refractivity contribution in [2.24, 2.45) is 0 Å². The third-order valence-electron chi connectivity index (χ3n) is 3.70. The molecule has 5 rings (SSSR count). The van der Waals surface area contributed by atoms with Crippen molar-refractivity contribution in [3.63, 3.8) is 0 Å². The van der Waals surface area contributed by atoms with Crippen LogP contribution in [0.4, 0.5) is 5.95 Å².